The number of nitrogens with zero attached hydrogens (tertiary/aromatic N) is 1. The van der Waals surface area contributed by atoms with Crippen molar-refractivity contribution in [2.75, 3.05) is 25.4 Å². The predicted octanol–water partition coefficient (Wildman–Crippen LogP) is -0.155. The van der Waals surface area contributed by atoms with Gasteiger partial charge in [-0.3, -0.25) is 10.1 Å². The van der Waals surface area contributed by atoms with E-state index in [4.69, 9.17) is 5.73 Å². The lowest BCUT2D eigenvalue weighted by molar-refractivity contribution is -0.139. The number of rotatable bonds is 2. The van der Waals surface area contributed by atoms with Crippen LogP contribution in [0.25, 0.3) is 0 Å². The van der Waals surface area contributed by atoms with E-state index >= 15 is 0 Å². The Morgan fingerprint density at radius 3 is 2.67 bits per heavy atom. The lowest BCUT2D eigenvalue weighted by Crippen LogP contribution is -2.68. The largest absolute Gasteiger partial charge is 0.336 e. The lowest BCUT2D eigenvalue weighted by Gasteiger charge is -2.48. The average molecular weight is 229 g/mol. The summed E-state index contributed by atoms with van der Waals surface area (Å²) in [7, 11) is 0. The molecule has 2 saturated heterocycles. The average Bonchev–Trinajstić information content (AvgIpc) is 2.61. The van der Waals surface area contributed by atoms with Crippen LogP contribution in [-0.4, -0.2) is 47.1 Å². The summed E-state index contributed by atoms with van der Waals surface area (Å²) >= 11 is 1.93. The van der Waals surface area contributed by atoms with Gasteiger partial charge in [-0.15, -0.1) is 11.8 Å². The summed E-state index contributed by atoms with van der Waals surface area (Å²) in [5.41, 5.74) is 5.84. The lowest BCUT2D eigenvalue weighted by atomic mass is 10.0. The monoisotopic (exact) mass is 229 g/mol. The number of thioether (sulfide) groups is 1. The van der Waals surface area contributed by atoms with Gasteiger partial charge in [-0.25, -0.2) is 0 Å². The van der Waals surface area contributed by atoms with Gasteiger partial charge >= 0.3 is 0 Å². The summed E-state index contributed by atoms with van der Waals surface area (Å²) < 4.78 is 0. The van der Waals surface area contributed by atoms with Crippen molar-refractivity contribution in [3.63, 3.8) is 0 Å². The van der Waals surface area contributed by atoms with Crippen molar-refractivity contribution >= 4 is 17.7 Å². The van der Waals surface area contributed by atoms with E-state index in [1.165, 1.54) is 0 Å². The quantitative estimate of drug-likeness (QED) is 0.691. The molecule has 4 nitrogen and oxygen atoms in total. The van der Waals surface area contributed by atoms with Crippen molar-refractivity contribution in [1.29, 1.82) is 0 Å². The second-order valence-corrected chi connectivity index (χ2v) is 6.21. The summed E-state index contributed by atoms with van der Waals surface area (Å²) in [6.45, 7) is 6.66. The minimum absolute atomic E-state index is 0.102. The predicted molar refractivity (Wildman–Crippen MR) is 62.6 cm³/mol. The van der Waals surface area contributed by atoms with E-state index in [1.807, 2.05) is 30.5 Å². The number of carbonyl (C=O) groups excluding carboxylic acids is 1. The van der Waals surface area contributed by atoms with E-state index in [2.05, 4.69) is 5.32 Å². The third kappa shape index (κ3) is 2.00. The molecule has 1 spiro atoms. The molecular formula is C10H19N3OS. The van der Waals surface area contributed by atoms with E-state index in [0.29, 0.717) is 0 Å². The van der Waals surface area contributed by atoms with Crippen LogP contribution in [0.3, 0.4) is 0 Å². The Morgan fingerprint density at radius 1 is 1.53 bits per heavy atom. The number of hydrogen-bond donors (Lipinski definition) is 2. The minimum atomic E-state index is -0.339. The van der Waals surface area contributed by atoms with Crippen molar-refractivity contribution in [3.8, 4) is 0 Å². The zero-order valence-electron chi connectivity index (χ0n) is 9.32. The van der Waals surface area contributed by atoms with Crippen molar-refractivity contribution in [2.24, 2.45) is 11.7 Å². The highest BCUT2D eigenvalue weighted by Crippen LogP contribution is 2.36. The highest BCUT2D eigenvalue weighted by Gasteiger charge is 2.48. The molecule has 2 fully saturated rings. The first-order chi connectivity index (χ1) is 7.04. The number of amides is 1. The van der Waals surface area contributed by atoms with Crippen molar-refractivity contribution in [3.05, 3.63) is 0 Å². The van der Waals surface area contributed by atoms with Gasteiger partial charge in [0.25, 0.3) is 0 Å². The molecule has 1 atom stereocenters. The van der Waals surface area contributed by atoms with Crippen LogP contribution in [0.1, 0.15) is 13.8 Å². The molecule has 15 heavy (non-hydrogen) atoms. The second-order valence-electron chi connectivity index (χ2n) is 4.73. The number of carbonyl (C=O) groups is 1. The van der Waals surface area contributed by atoms with E-state index in [1.54, 1.807) is 0 Å². The number of nitrogens with two attached hydrogens (primary N) is 1. The van der Waals surface area contributed by atoms with Gasteiger partial charge < -0.3 is 10.6 Å². The molecule has 3 N–H and O–H groups in total. The maximum absolute atomic E-state index is 11.9. The molecule has 0 unspecified atom stereocenters. The van der Waals surface area contributed by atoms with Crippen LogP contribution < -0.4 is 11.1 Å². The highest BCUT2D eigenvalue weighted by molar-refractivity contribution is 8.01. The van der Waals surface area contributed by atoms with Crippen LogP contribution in [0.15, 0.2) is 0 Å². The van der Waals surface area contributed by atoms with Gasteiger partial charge in [0.2, 0.25) is 5.91 Å². The van der Waals surface area contributed by atoms with E-state index in [-0.39, 0.29) is 22.7 Å². The Labute approximate surface area is 94.9 Å². The fourth-order valence-corrected chi connectivity index (χ4v) is 3.29. The Morgan fingerprint density at radius 2 is 2.20 bits per heavy atom. The van der Waals surface area contributed by atoms with Crippen LogP contribution in [-0.2, 0) is 4.79 Å². The van der Waals surface area contributed by atoms with Gasteiger partial charge in [-0.1, -0.05) is 13.8 Å². The molecule has 2 heterocycles. The van der Waals surface area contributed by atoms with Gasteiger partial charge in [0.1, 0.15) is 4.87 Å². The first-order valence-corrected chi connectivity index (χ1v) is 6.46. The summed E-state index contributed by atoms with van der Waals surface area (Å²) in [4.78, 5) is 13.9. The van der Waals surface area contributed by atoms with Crippen LogP contribution >= 0.6 is 11.8 Å². The summed E-state index contributed by atoms with van der Waals surface area (Å²) in [6.07, 6.45) is 0. The Hall–Kier alpha value is -0.260. The van der Waals surface area contributed by atoms with Crippen molar-refractivity contribution in [2.45, 2.75) is 24.8 Å². The molecule has 0 aromatic rings. The first-order valence-electron chi connectivity index (χ1n) is 5.47. The highest BCUT2D eigenvalue weighted by atomic mass is 32.2. The molecule has 2 aliphatic heterocycles. The molecule has 2 rings (SSSR count). The zero-order valence-corrected chi connectivity index (χ0v) is 10.1. The van der Waals surface area contributed by atoms with E-state index in [9.17, 15) is 4.79 Å². The van der Waals surface area contributed by atoms with Crippen LogP contribution in [0.4, 0.5) is 0 Å². The molecule has 5 heteroatoms. The summed E-state index contributed by atoms with van der Waals surface area (Å²) in [6, 6.07) is -0.339. The van der Waals surface area contributed by atoms with Gasteiger partial charge in [0.15, 0.2) is 0 Å². The third-order valence-corrected chi connectivity index (χ3v) is 4.50. The van der Waals surface area contributed by atoms with E-state index < -0.39 is 0 Å². The Balaban J connectivity index is 1.86. The van der Waals surface area contributed by atoms with Crippen LogP contribution in [0.5, 0.6) is 0 Å². The topological polar surface area (TPSA) is 58.4 Å². The molecule has 0 radical (unpaired) electrons. The SMILES string of the molecule is CC(C)[C@H](N)C(=O)N1CC2(C1)NCCS2. The summed E-state index contributed by atoms with van der Waals surface area (Å²) in [5, 5.41) is 3.45. The van der Waals surface area contributed by atoms with Gasteiger partial charge in [0.05, 0.1) is 19.1 Å². The molecule has 0 aromatic heterocycles. The standard InChI is InChI=1S/C10H19N3OS/c1-7(2)8(11)9(14)13-5-10(6-13)12-3-4-15-10/h7-8,12H,3-6,11H2,1-2H3/t8-/m0/s1. The molecule has 0 aromatic carbocycles. The van der Waals surface area contributed by atoms with Gasteiger partial charge in [-0.05, 0) is 5.92 Å². The normalized spacial score (nSPS) is 25.7. The molecule has 1 amide bonds. The molecule has 86 valence electrons. The fraction of sp³-hybridized carbons (Fsp3) is 0.900. The first kappa shape index (κ1) is 11.2. The van der Waals surface area contributed by atoms with Gasteiger partial charge in [-0.2, -0.15) is 0 Å². The van der Waals surface area contributed by atoms with E-state index in [0.717, 1.165) is 25.4 Å². The van der Waals surface area contributed by atoms with Crippen molar-refractivity contribution in [1.82, 2.24) is 10.2 Å². The fourth-order valence-electron chi connectivity index (χ4n) is 2.00. The number of likely N-dealkylation sites (tertiary alicyclic amines) is 1. The van der Waals surface area contributed by atoms with Crippen LogP contribution in [0.2, 0.25) is 0 Å². The molecular weight excluding hydrogens is 210 g/mol. The van der Waals surface area contributed by atoms with Crippen LogP contribution in [0, 0.1) is 5.92 Å². The maximum atomic E-state index is 11.9. The minimum Gasteiger partial charge on any atom is -0.336 e. The zero-order chi connectivity index (χ0) is 11.1. The molecule has 0 bridgehead atoms. The number of nitrogens with one attached hydrogen (secondary N) is 1. The maximum Gasteiger partial charge on any atom is 0.239 e. The number of hydrogen-bond acceptors (Lipinski definition) is 4. The third-order valence-electron chi connectivity index (χ3n) is 3.14. The smallest absolute Gasteiger partial charge is 0.239 e. The molecule has 2 aliphatic rings. The van der Waals surface area contributed by atoms with Gasteiger partial charge in [0, 0.05) is 12.3 Å². The summed E-state index contributed by atoms with van der Waals surface area (Å²) in [5.74, 6) is 1.47. The Kier molecular flexibility index (Phi) is 2.96. The molecule has 0 saturated carbocycles. The Bertz CT molecular complexity index is 255. The molecule has 0 aliphatic carbocycles. The second kappa shape index (κ2) is 3.96. The van der Waals surface area contributed by atoms with Crippen molar-refractivity contribution < 1.29 is 4.79 Å².